The number of aryl methyl sites for hydroxylation is 1. The van der Waals surface area contributed by atoms with Crippen molar-refractivity contribution < 1.29 is 19.0 Å². The molecule has 6 nitrogen and oxygen atoms in total. The number of hydrogen-bond donors (Lipinski definition) is 1. The fourth-order valence-corrected chi connectivity index (χ4v) is 4.95. The normalized spacial score (nSPS) is 16.2. The van der Waals surface area contributed by atoms with Crippen LogP contribution in [0.2, 0.25) is 0 Å². The molecule has 0 fully saturated rings. The molecule has 0 aliphatic carbocycles. The highest BCUT2D eigenvalue weighted by Gasteiger charge is 2.34. The maximum absolute atomic E-state index is 13.2. The van der Waals surface area contributed by atoms with Crippen molar-refractivity contribution in [1.29, 1.82) is 0 Å². The lowest BCUT2D eigenvalue weighted by Crippen LogP contribution is -2.47. The van der Waals surface area contributed by atoms with Crippen molar-refractivity contribution in [3.05, 3.63) is 88.5 Å². The van der Waals surface area contributed by atoms with Crippen LogP contribution >= 0.6 is 0 Å². The summed E-state index contributed by atoms with van der Waals surface area (Å²) in [6.07, 6.45) is 0.890. The molecule has 0 radical (unpaired) electrons. The standard InChI is InChI=1S/C29H34N2O4/c1-19-8-6-7-9-24(19)29(32)30-20(2)28-25-17-27(35-5)26(34-4)16-22(25)14-15-31(28)18-21-10-12-23(33-3)13-11-21/h6-13,16-17,20,28H,14-15,18H2,1-5H3,(H,30,32)/t20-,28+/m0/s1. The van der Waals surface area contributed by atoms with E-state index in [0.717, 1.165) is 42.1 Å². The summed E-state index contributed by atoms with van der Waals surface area (Å²) in [6.45, 7) is 5.66. The monoisotopic (exact) mass is 474 g/mol. The topological polar surface area (TPSA) is 60.0 Å². The summed E-state index contributed by atoms with van der Waals surface area (Å²) in [5.74, 6) is 2.20. The number of ether oxygens (including phenoxy) is 3. The van der Waals surface area contributed by atoms with Gasteiger partial charge in [-0.05, 0) is 72.9 Å². The molecule has 0 aromatic heterocycles. The largest absolute Gasteiger partial charge is 0.497 e. The van der Waals surface area contributed by atoms with Gasteiger partial charge in [0.2, 0.25) is 0 Å². The van der Waals surface area contributed by atoms with Crippen LogP contribution in [-0.4, -0.2) is 44.7 Å². The zero-order valence-corrected chi connectivity index (χ0v) is 21.1. The van der Waals surface area contributed by atoms with Crippen LogP contribution < -0.4 is 19.5 Å². The first kappa shape index (κ1) is 24.6. The molecular weight excluding hydrogens is 440 g/mol. The zero-order chi connectivity index (χ0) is 24.9. The maximum Gasteiger partial charge on any atom is 0.251 e. The van der Waals surface area contributed by atoms with Gasteiger partial charge in [0, 0.05) is 24.7 Å². The maximum atomic E-state index is 13.2. The molecule has 1 aliphatic rings. The van der Waals surface area contributed by atoms with Gasteiger partial charge in [0.1, 0.15) is 5.75 Å². The van der Waals surface area contributed by atoms with Gasteiger partial charge in [-0.2, -0.15) is 0 Å². The average Bonchev–Trinajstić information content (AvgIpc) is 2.88. The van der Waals surface area contributed by atoms with E-state index in [9.17, 15) is 4.79 Å². The summed E-state index contributed by atoms with van der Waals surface area (Å²) in [5, 5.41) is 3.28. The van der Waals surface area contributed by atoms with Crippen molar-refractivity contribution in [3.8, 4) is 17.2 Å². The predicted molar refractivity (Wildman–Crippen MR) is 138 cm³/mol. The van der Waals surface area contributed by atoms with Crippen LogP contribution in [-0.2, 0) is 13.0 Å². The SMILES string of the molecule is COc1ccc(CN2CCc3cc(OC)c(OC)cc3[C@H]2[C@H](C)NC(=O)c2ccccc2C)cc1. The Morgan fingerprint density at radius 3 is 2.34 bits per heavy atom. The third kappa shape index (κ3) is 5.28. The van der Waals surface area contributed by atoms with E-state index in [1.807, 2.05) is 43.3 Å². The Hall–Kier alpha value is -3.51. The second-order valence-corrected chi connectivity index (χ2v) is 9.00. The van der Waals surface area contributed by atoms with Crippen molar-refractivity contribution in [1.82, 2.24) is 10.2 Å². The molecule has 1 N–H and O–H groups in total. The van der Waals surface area contributed by atoms with Crippen LogP contribution in [0.15, 0.2) is 60.7 Å². The Bertz CT molecular complexity index is 1180. The fourth-order valence-electron chi connectivity index (χ4n) is 4.95. The van der Waals surface area contributed by atoms with Crippen LogP contribution in [0.1, 0.15) is 45.6 Å². The van der Waals surface area contributed by atoms with Crippen molar-refractivity contribution in [3.63, 3.8) is 0 Å². The molecule has 0 unspecified atom stereocenters. The van der Waals surface area contributed by atoms with Crippen molar-refractivity contribution in [2.45, 2.75) is 38.9 Å². The van der Waals surface area contributed by atoms with E-state index in [1.54, 1.807) is 21.3 Å². The number of hydrogen-bond acceptors (Lipinski definition) is 5. The van der Waals surface area contributed by atoms with E-state index < -0.39 is 0 Å². The van der Waals surface area contributed by atoms with Gasteiger partial charge in [-0.3, -0.25) is 9.69 Å². The van der Waals surface area contributed by atoms with Gasteiger partial charge in [-0.1, -0.05) is 30.3 Å². The highest BCUT2D eigenvalue weighted by molar-refractivity contribution is 5.95. The molecule has 0 bridgehead atoms. The number of nitrogens with one attached hydrogen (secondary N) is 1. The molecule has 1 heterocycles. The molecule has 35 heavy (non-hydrogen) atoms. The summed E-state index contributed by atoms with van der Waals surface area (Å²) in [7, 11) is 4.99. The molecule has 6 heteroatoms. The first-order valence-corrected chi connectivity index (χ1v) is 11.9. The predicted octanol–water partition coefficient (Wildman–Crippen LogP) is 4.94. The summed E-state index contributed by atoms with van der Waals surface area (Å²) in [5.41, 5.74) is 5.22. The van der Waals surface area contributed by atoms with Crippen molar-refractivity contribution in [2.75, 3.05) is 27.9 Å². The van der Waals surface area contributed by atoms with E-state index in [0.29, 0.717) is 11.3 Å². The first-order chi connectivity index (χ1) is 16.9. The Morgan fingerprint density at radius 1 is 1.00 bits per heavy atom. The average molecular weight is 475 g/mol. The van der Waals surface area contributed by atoms with Crippen LogP contribution in [0.25, 0.3) is 0 Å². The molecule has 184 valence electrons. The Balaban J connectivity index is 1.68. The van der Waals surface area contributed by atoms with E-state index in [-0.39, 0.29) is 18.0 Å². The summed E-state index contributed by atoms with van der Waals surface area (Å²) < 4.78 is 16.5. The Morgan fingerprint density at radius 2 is 1.69 bits per heavy atom. The summed E-state index contributed by atoms with van der Waals surface area (Å²) in [4.78, 5) is 15.6. The number of nitrogens with zero attached hydrogens (tertiary/aromatic N) is 1. The van der Waals surface area contributed by atoms with Gasteiger partial charge in [0.25, 0.3) is 5.91 Å². The quantitative estimate of drug-likeness (QED) is 0.501. The van der Waals surface area contributed by atoms with Gasteiger partial charge in [-0.25, -0.2) is 0 Å². The third-order valence-electron chi connectivity index (χ3n) is 6.79. The molecule has 0 saturated heterocycles. The molecule has 0 spiro atoms. The van der Waals surface area contributed by atoms with Gasteiger partial charge in [0.15, 0.2) is 11.5 Å². The molecular formula is C29H34N2O4. The third-order valence-corrected chi connectivity index (χ3v) is 6.79. The van der Waals surface area contributed by atoms with Gasteiger partial charge >= 0.3 is 0 Å². The Kier molecular flexibility index (Phi) is 7.61. The smallest absolute Gasteiger partial charge is 0.251 e. The minimum atomic E-state index is -0.141. The number of carbonyl (C=O) groups is 1. The number of amides is 1. The molecule has 3 aromatic rings. The molecule has 3 aromatic carbocycles. The number of fused-ring (bicyclic) bond motifs is 1. The number of carbonyl (C=O) groups excluding carboxylic acids is 1. The lowest BCUT2D eigenvalue weighted by molar-refractivity contribution is 0.0876. The molecule has 1 aliphatic heterocycles. The lowest BCUT2D eigenvalue weighted by Gasteiger charge is -2.41. The minimum Gasteiger partial charge on any atom is -0.497 e. The molecule has 2 atom stereocenters. The van der Waals surface area contributed by atoms with Crippen molar-refractivity contribution >= 4 is 5.91 Å². The second kappa shape index (κ2) is 10.8. The minimum absolute atomic E-state index is 0.0337. The number of methoxy groups -OCH3 is 3. The Labute approximate surface area is 207 Å². The molecule has 1 amide bonds. The van der Waals surface area contributed by atoms with Gasteiger partial charge < -0.3 is 19.5 Å². The van der Waals surface area contributed by atoms with Gasteiger partial charge in [-0.15, -0.1) is 0 Å². The highest BCUT2D eigenvalue weighted by Crippen LogP contribution is 2.40. The van der Waals surface area contributed by atoms with Gasteiger partial charge in [0.05, 0.1) is 27.4 Å². The first-order valence-electron chi connectivity index (χ1n) is 11.9. The number of benzene rings is 3. The van der Waals surface area contributed by atoms with E-state index in [1.165, 1.54) is 11.1 Å². The second-order valence-electron chi connectivity index (χ2n) is 9.00. The van der Waals surface area contributed by atoms with E-state index >= 15 is 0 Å². The fraction of sp³-hybridized carbons (Fsp3) is 0.345. The van der Waals surface area contributed by atoms with E-state index in [4.69, 9.17) is 14.2 Å². The van der Waals surface area contributed by atoms with Crippen molar-refractivity contribution in [2.24, 2.45) is 0 Å². The lowest BCUT2D eigenvalue weighted by atomic mass is 9.87. The summed E-state index contributed by atoms with van der Waals surface area (Å²) >= 11 is 0. The van der Waals surface area contributed by atoms with E-state index in [2.05, 4.69) is 41.4 Å². The van der Waals surface area contributed by atoms with Crippen LogP contribution in [0.4, 0.5) is 0 Å². The van der Waals surface area contributed by atoms with Crippen LogP contribution in [0.3, 0.4) is 0 Å². The summed E-state index contributed by atoms with van der Waals surface area (Å²) in [6, 6.07) is 19.8. The molecule has 0 saturated carbocycles. The van der Waals surface area contributed by atoms with Crippen LogP contribution in [0, 0.1) is 6.92 Å². The van der Waals surface area contributed by atoms with Crippen LogP contribution in [0.5, 0.6) is 17.2 Å². The molecule has 4 rings (SSSR count). The highest BCUT2D eigenvalue weighted by atomic mass is 16.5. The number of rotatable bonds is 8. The zero-order valence-electron chi connectivity index (χ0n) is 21.1.